The van der Waals surface area contributed by atoms with Gasteiger partial charge in [0.05, 0.1) is 7.11 Å². The van der Waals surface area contributed by atoms with E-state index in [4.69, 9.17) is 9.47 Å². The van der Waals surface area contributed by atoms with Gasteiger partial charge in [0.2, 0.25) is 5.91 Å². The Hall–Kier alpha value is -2.53. The highest BCUT2D eigenvalue weighted by Crippen LogP contribution is 2.25. The lowest BCUT2D eigenvalue weighted by Gasteiger charge is -2.24. The normalized spacial score (nSPS) is 14.3. The Balaban J connectivity index is 1.43. The van der Waals surface area contributed by atoms with Gasteiger partial charge in [0, 0.05) is 25.6 Å². The Morgan fingerprint density at radius 3 is 2.41 bits per heavy atom. The van der Waals surface area contributed by atoms with Crippen LogP contribution in [0.1, 0.15) is 56.9 Å². The molecular formula is C27H38N2O3. The number of methoxy groups -OCH3 is 1. The van der Waals surface area contributed by atoms with Crippen LogP contribution in [0.3, 0.4) is 0 Å². The molecule has 0 aliphatic heterocycles. The van der Waals surface area contributed by atoms with E-state index >= 15 is 0 Å². The van der Waals surface area contributed by atoms with E-state index < -0.39 is 0 Å². The van der Waals surface area contributed by atoms with Crippen LogP contribution in [-0.2, 0) is 11.3 Å². The van der Waals surface area contributed by atoms with Crippen molar-refractivity contribution in [2.45, 2.75) is 64.0 Å². The highest BCUT2D eigenvalue weighted by molar-refractivity contribution is 5.76. The molecule has 5 heteroatoms. The fraction of sp³-hybridized carbons (Fsp3) is 0.519. The monoisotopic (exact) mass is 438 g/mol. The highest BCUT2D eigenvalue weighted by Gasteiger charge is 2.15. The standard InChI is InChI=1S/C27H38N2O3/c1-31-25-16-8-9-17-26(25)32-21-20-29(22-23-12-4-2-5-13-23)19-11-10-18-27(30)28-24-14-6-3-7-15-24/h2,4-5,8-9,12-13,16-17,24H,3,6-7,10-11,14-15,18-22H2,1H3,(H,28,30). The summed E-state index contributed by atoms with van der Waals surface area (Å²) >= 11 is 0. The van der Waals surface area contributed by atoms with Crippen molar-refractivity contribution in [3.05, 3.63) is 60.2 Å². The van der Waals surface area contributed by atoms with E-state index in [1.165, 1.54) is 24.8 Å². The maximum atomic E-state index is 12.3. The van der Waals surface area contributed by atoms with Gasteiger partial charge in [0.15, 0.2) is 11.5 Å². The van der Waals surface area contributed by atoms with E-state index in [0.29, 0.717) is 19.1 Å². The lowest BCUT2D eigenvalue weighted by molar-refractivity contribution is -0.122. The number of benzene rings is 2. The second-order valence-corrected chi connectivity index (χ2v) is 8.62. The number of hydrogen-bond acceptors (Lipinski definition) is 4. The number of carbonyl (C=O) groups is 1. The van der Waals surface area contributed by atoms with Crippen LogP contribution >= 0.6 is 0 Å². The predicted molar refractivity (Wildman–Crippen MR) is 129 cm³/mol. The first kappa shape index (κ1) is 24.1. The SMILES string of the molecule is COc1ccccc1OCCN(CCCCC(=O)NC1CCCCC1)Cc1ccccc1. The first-order valence-corrected chi connectivity index (χ1v) is 12.1. The number of rotatable bonds is 13. The van der Waals surface area contributed by atoms with Gasteiger partial charge in [-0.25, -0.2) is 0 Å². The largest absolute Gasteiger partial charge is 0.493 e. The molecular weight excluding hydrogens is 400 g/mol. The number of ether oxygens (including phenoxy) is 2. The minimum Gasteiger partial charge on any atom is -0.493 e. The lowest BCUT2D eigenvalue weighted by atomic mass is 9.95. The molecule has 0 spiro atoms. The molecule has 0 aromatic heterocycles. The average molecular weight is 439 g/mol. The summed E-state index contributed by atoms with van der Waals surface area (Å²) < 4.78 is 11.4. The van der Waals surface area contributed by atoms with Gasteiger partial charge in [-0.2, -0.15) is 0 Å². The first-order chi connectivity index (χ1) is 15.7. The molecule has 2 aromatic rings. The molecule has 0 unspecified atom stereocenters. The van der Waals surface area contributed by atoms with Crippen LogP contribution in [0, 0.1) is 0 Å². The summed E-state index contributed by atoms with van der Waals surface area (Å²) in [5.74, 6) is 1.74. The van der Waals surface area contributed by atoms with Crippen molar-refractivity contribution < 1.29 is 14.3 Å². The molecule has 0 saturated heterocycles. The van der Waals surface area contributed by atoms with Gasteiger partial charge in [-0.15, -0.1) is 0 Å². The molecule has 32 heavy (non-hydrogen) atoms. The van der Waals surface area contributed by atoms with E-state index in [9.17, 15) is 4.79 Å². The summed E-state index contributed by atoms with van der Waals surface area (Å²) in [6.07, 6.45) is 8.62. The van der Waals surface area contributed by atoms with Gasteiger partial charge in [-0.3, -0.25) is 9.69 Å². The minimum absolute atomic E-state index is 0.214. The van der Waals surface area contributed by atoms with Crippen LogP contribution in [0.15, 0.2) is 54.6 Å². The number of hydrogen-bond donors (Lipinski definition) is 1. The second-order valence-electron chi connectivity index (χ2n) is 8.62. The van der Waals surface area contributed by atoms with E-state index in [1.54, 1.807) is 7.11 Å². The molecule has 5 nitrogen and oxygen atoms in total. The van der Waals surface area contributed by atoms with Crippen LogP contribution < -0.4 is 14.8 Å². The zero-order chi connectivity index (χ0) is 22.4. The van der Waals surface area contributed by atoms with Crippen molar-refractivity contribution in [3.63, 3.8) is 0 Å². The van der Waals surface area contributed by atoms with Gasteiger partial charge in [-0.05, 0) is 49.9 Å². The van der Waals surface area contributed by atoms with Crippen molar-refractivity contribution >= 4 is 5.91 Å². The Morgan fingerprint density at radius 1 is 0.938 bits per heavy atom. The molecule has 174 valence electrons. The van der Waals surface area contributed by atoms with E-state index in [2.05, 4.69) is 34.5 Å². The van der Waals surface area contributed by atoms with Crippen LogP contribution in [0.4, 0.5) is 0 Å². The van der Waals surface area contributed by atoms with Crippen molar-refractivity contribution in [1.29, 1.82) is 0 Å². The number of amides is 1. The summed E-state index contributed by atoms with van der Waals surface area (Å²) in [6, 6.07) is 18.7. The molecule has 3 rings (SSSR count). The van der Waals surface area contributed by atoms with Crippen molar-refractivity contribution in [2.75, 3.05) is 26.8 Å². The number of nitrogens with zero attached hydrogens (tertiary/aromatic N) is 1. The number of nitrogens with one attached hydrogen (secondary N) is 1. The zero-order valence-electron chi connectivity index (χ0n) is 19.4. The zero-order valence-corrected chi connectivity index (χ0v) is 19.4. The van der Waals surface area contributed by atoms with Crippen LogP contribution in [0.5, 0.6) is 11.5 Å². The topological polar surface area (TPSA) is 50.8 Å². The predicted octanol–water partition coefficient (Wildman–Crippen LogP) is 5.20. The third-order valence-electron chi connectivity index (χ3n) is 6.08. The molecule has 0 heterocycles. The average Bonchev–Trinajstić information content (AvgIpc) is 2.83. The number of carbonyl (C=O) groups excluding carboxylic acids is 1. The molecule has 1 N–H and O–H groups in total. The van der Waals surface area contributed by atoms with Crippen molar-refractivity contribution in [1.82, 2.24) is 10.2 Å². The van der Waals surface area contributed by atoms with Crippen LogP contribution in [0.25, 0.3) is 0 Å². The molecule has 1 fully saturated rings. The smallest absolute Gasteiger partial charge is 0.220 e. The molecule has 2 aromatic carbocycles. The van der Waals surface area contributed by atoms with Gasteiger partial charge >= 0.3 is 0 Å². The van der Waals surface area contributed by atoms with Crippen LogP contribution in [0.2, 0.25) is 0 Å². The first-order valence-electron chi connectivity index (χ1n) is 12.1. The summed E-state index contributed by atoms with van der Waals surface area (Å²) in [5, 5.41) is 3.23. The van der Waals surface area contributed by atoms with Gasteiger partial charge in [-0.1, -0.05) is 61.7 Å². The molecule has 1 saturated carbocycles. The number of para-hydroxylation sites is 2. The van der Waals surface area contributed by atoms with Gasteiger partial charge in [0.25, 0.3) is 0 Å². The fourth-order valence-electron chi connectivity index (χ4n) is 4.30. The Labute approximate surface area is 193 Å². The van der Waals surface area contributed by atoms with Crippen molar-refractivity contribution in [3.8, 4) is 11.5 Å². The Bertz CT molecular complexity index is 790. The maximum absolute atomic E-state index is 12.3. The molecule has 1 aliphatic rings. The maximum Gasteiger partial charge on any atom is 0.220 e. The molecule has 1 aliphatic carbocycles. The fourth-order valence-corrected chi connectivity index (χ4v) is 4.30. The summed E-state index contributed by atoms with van der Waals surface area (Å²) in [7, 11) is 1.66. The highest BCUT2D eigenvalue weighted by atomic mass is 16.5. The Kier molecular flexibility index (Phi) is 10.4. The third-order valence-corrected chi connectivity index (χ3v) is 6.08. The summed E-state index contributed by atoms with van der Waals surface area (Å²) in [4.78, 5) is 14.7. The number of unbranched alkanes of at least 4 members (excludes halogenated alkanes) is 1. The van der Waals surface area contributed by atoms with Gasteiger partial charge in [0.1, 0.15) is 6.61 Å². The minimum atomic E-state index is 0.214. The van der Waals surface area contributed by atoms with E-state index in [1.807, 2.05) is 30.3 Å². The summed E-state index contributed by atoms with van der Waals surface area (Å²) in [5.41, 5.74) is 1.29. The third kappa shape index (κ3) is 8.54. The van der Waals surface area contributed by atoms with Crippen molar-refractivity contribution in [2.24, 2.45) is 0 Å². The van der Waals surface area contributed by atoms with Gasteiger partial charge < -0.3 is 14.8 Å². The quantitative estimate of drug-likeness (QED) is 0.437. The molecule has 0 radical (unpaired) electrons. The molecule has 0 atom stereocenters. The lowest BCUT2D eigenvalue weighted by Crippen LogP contribution is -2.36. The molecule has 0 bridgehead atoms. The van der Waals surface area contributed by atoms with E-state index in [0.717, 1.165) is 56.8 Å². The second kappa shape index (κ2) is 13.8. The van der Waals surface area contributed by atoms with E-state index in [-0.39, 0.29) is 5.91 Å². The summed E-state index contributed by atoms with van der Waals surface area (Å²) in [6.45, 7) is 3.24. The molecule has 1 amide bonds. The Morgan fingerprint density at radius 2 is 1.66 bits per heavy atom. The van der Waals surface area contributed by atoms with Crippen LogP contribution in [-0.4, -0.2) is 43.7 Å².